The minimum absolute atomic E-state index is 0.0394. The first-order chi connectivity index (χ1) is 13.2. The molecule has 1 saturated heterocycles. The summed E-state index contributed by atoms with van der Waals surface area (Å²) >= 11 is 0. The third-order valence-corrected chi connectivity index (χ3v) is 5.85. The second-order valence-corrected chi connectivity index (χ2v) is 7.54. The van der Waals surface area contributed by atoms with Gasteiger partial charge in [0.25, 0.3) is 5.91 Å². The Bertz CT molecular complexity index is 794. The van der Waals surface area contributed by atoms with E-state index in [0.29, 0.717) is 23.9 Å². The van der Waals surface area contributed by atoms with E-state index in [1.54, 1.807) is 24.5 Å². The first-order valence-electron chi connectivity index (χ1n) is 9.77. The zero-order chi connectivity index (χ0) is 18.6. The summed E-state index contributed by atoms with van der Waals surface area (Å²) in [4.78, 5) is 32.2. The highest BCUT2D eigenvalue weighted by Gasteiger charge is 2.41. The molecule has 1 aliphatic carbocycles. The van der Waals surface area contributed by atoms with Gasteiger partial charge in [0.05, 0.1) is 0 Å². The van der Waals surface area contributed by atoms with E-state index in [1.165, 1.54) is 12.8 Å². The summed E-state index contributed by atoms with van der Waals surface area (Å²) in [5.41, 5.74) is 1.52. The van der Waals surface area contributed by atoms with Crippen LogP contribution in [0, 0.1) is 5.92 Å². The lowest BCUT2D eigenvalue weighted by Gasteiger charge is -2.29. The molecule has 5 nitrogen and oxygen atoms in total. The highest BCUT2D eigenvalue weighted by atomic mass is 16.2. The number of nitrogens with zero attached hydrogens (tertiary/aromatic N) is 2. The molecule has 1 aromatic carbocycles. The van der Waals surface area contributed by atoms with Gasteiger partial charge in [-0.25, -0.2) is 0 Å². The van der Waals surface area contributed by atoms with Crippen LogP contribution in [0.4, 0.5) is 0 Å². The molecule has 140 valence electrons. The van der Waals surface area contributed by atoms with Gasteiger partial charge >= 0.3 is 0 Å². The molecule has 1 saturated carbocycles. The van der Waals surface area contributed by atoms with Crippen molar-refractivity contribution in [2.45, 2.75) is 44.2 Å². The van der Waals surface area contributed by atoms with Crippen LogP contribution in [-0.4, -0.2) is 40.3 Å². The Kier molecular flexibility index (Phi) is 5.19. The summed E-state index contributed by atoms with van der Waals surface area (Å²) in [5, 5.41) is 2.98. The van der Waals surface area contributed by atoms with Crippen LogP contribution in [0.5, 0.6) is 0 Å². The van der Waals surface area contributed by atoms with Crippen molar-refractivity contribution in [3.63, 3.8) is 0 Å². The van der Waals surface area contributed by atoms with Gasteiger partial charge in [-0.2, -0.15) is 0 Å². The van der Waals surface area contributed by atoms with Crippen molar-refractivity contribution in [1.82, 2.24) is 15.2 Å². The number of fused-ring (bicyclic) bond motifs is 1. The zero-order valence-electron chi connectivity index (χ0n) is 15.4. The molecule has 2 aromatic rings. The van der Waals surface area contributed by atoms with E-state index < -0.39 is 6.04 Å². The average molecular weight is 363 g/mol. The van der Waals surface area contributed by atoms with Gasteiger partial charge in [0.15, 0.2) is 0 Å². The number of aromatic nitrogens is 1. The number of carbonyl (C=O) groups is 2. The van der Waals surface area contributed by atoms with Crippen molar-refractivity contribution >= 4 is 11.8 Å². The first kappa shape index (κ1) is 17.7. The van der Waals surface area contributed by atoms with Crippen molar-refractivity contribution in [2.24, 2.45) is 5.92 Å². The van der Waals surface area contributed by atoms with Crippen molar-refractivity contribution < 1.29 is 9.59 Å². The van der Waals surface area contributed by atoms with Crippen LogP contribution in [0.3, 0.4) is 0 Å². The van der Waals surface area contributed by atoms with Crippen LogP contribution in [0.2, 0.25) is 0 Å². The van der Waals surface area contributed by atoms with E-state index >= 15 is 0 Å². The molecule has 5 heteroatoms. The van der Waals surface area contributed by atoms with Gasteiger partial charge in [0, 0.05) is 37.0 Å². The average Bonchev–Trinajstić information content (AvgIpc) is 3.32. The third kappa shape index (κ3) is 3.87. The molecule has 0 bridgehead atoms. The van der Waals surface area contributed by atoms with Crippen molar-refractivity contribution in [3.8, 4) is 0 Å². The topological polar surface area (TPSA) is 62.3 Å². The molecule has 3 unspecified atom stereocenters. The number of hydrogen-bond acceptors (Lipinski definition) is 3. The predicted molar refractivity (Wildman–Crippen MR) is 103 cm³/mol. The minimum atomic E-state index is -0.568. The Morgan fingerprint density at radius 2 is 1.96 bits per heavy atom. The predicted octanol–water partition coefficient (Wildman–Crippen LogP) is 2.82. The second kappa shape index (κ2) is 7.91. The number of benzene rings is 1. The number of pyridine rings is 1. The van der Waals surface area contributed by atoms with E-state index in [4.69, 9.17) is 0 Å². The number of rotatable bonds is 5. The molecule has 0 radical (unpaired) electrons. The summed E-state index contributed by atoms with van der Waals surface area (Å²) in [6, 6.07) is 12.7. The SMILES string of the molecule is O=C(NC(Cc1cccnc1)C(=O)N1CCC2CCCC21)c1ccccc1. The quantitative estimate of drug-likeness (QED) is 0.889. The molecule has 1 aromatic heterocycles. The Morgan fingerprint density at radius 3 is 2.74 bits per heavy atom. The van der Waals surface area contributed by atoms with Gasteiger partial charge in [0.1, 0.15) is 6.04 Å². The fraction of sp³-hybridized carbons (Fsp3) is 0.409. The van der Waals surface area contributed by atoms with E-state index in [2.05, 4.69) is 10.3 Å². The summed E-state index contributed by atoms with van der Waals surface area (Å²) in [5.74, 6) is 0.468. The summed E-state index contributed by atoms with van der Waals surface area (Å²) < 4.78 is 0. The van der Waals surface area contributed by atoms with Crippen LogP contribution in [0.15, 0.2) is 54.9 Å². The fourth-order valence-corrected chi connectivity index (χ4v) is 4.49. The molecule has 3 atom stereocenters. The monoisotopic (exact) mass is 363 g/mol. The van der Waals surface area contributed by atoms with Gasteiger partial charge in [-0.1, -0.05) is 30.7 Å². The largest absolute Gasteiger partial charge is 0.340 e. The van der Waals surface area contributed by atoms with Crippen molar-refractivity contribution in [3.05, 3.63) is 66.0 Å². The van der Waals surface area contributed by atoms with Crippen LogP contribution < -0.4 is 5.32 Å². The van der Waals surface area contributed by atoms with E-state index in [-0.39, 0.29) is 11.8 Å². The Balaban J connectivity index is 1.54. The van der Waals surface area contributed by atoms with Crippen LogP contribution in [0.1, 0.15) is 41.6 Å². The molecule has 2 amide bonds. The van der Waals surface area contributed by atoms with Crippen molar-refractivity contribution in [1.29, 1.82) is 0 Å². The molecular weight excluding hydrogens is 338 g/mol. The molecule has 4 rings (SSSR count). The second-order valence-electron chi connectivity index (χ2n) is 7.54. The number of carbonyl (C=O) groups excluding carboxylic acids is 2. The first-order valence-corrected chi connectivity index (χ1v) is 9.77. The molecule has 2 aliphatic rings. The van der Waals surface area contributed by atoms with Crippen LogP contribution in [0.25, 0.3) is 0 Å². The number of amides is 2. The van der Waals surface area contributed by atoms with Crippen molar-refractivity contribution in [2.75, 3.05) is 6.54 Å². The number of likely N-dealkylation sites (tertiary alicyclic amines) is 1. The van der Waals surface area contributed by atoms with E-state index in [0.717, 1.165) is 24.9 Å². The fourth-order valence-electron chi connectivity index (χ4n) is 4.49. The third-order valence-electron chi connectivity index (χ3n) is 5.85. The normalized spacial score (nSPS) is 22.3. The lowest BCUT2D eigenvalue weighted by molar-refractivity contribution is -0.134. The van der Waals surface area contributed by atoms with Crippen LogP contribution >= 0.6 is 0 Å². The lowest BCUT2D eigenvalue weighted by Crippen LogP contribution is -2.51. The summed E-state index contributed by atoms with van der Waals surface area (Å²) in [7, 11) is 0. The molecule has 0 spiro atoms. The number of hydrogen-bond donors (Lipinski definition) is 1. The van der Waals surface area contributed by atoms with E-state index in [1.807, 2.05) is 35.2 Å². The van der Waals surface area contributed by atoms with Crippen LogP contribution in [-0.2, 0) is 11.2 Å². The Morgan fingerprint density at radius 1 is 1.11 bits per heavy atom. The Hall–Kier alpha value is -2.69. The summed E-state index contributed by atoms with van der Waals surface area (Å²) in [6.45, 7) is 0.804. The van der Waals surface area contributed by atoms with Gasteiger partial charge in [-0.15, -0.1) is 0 Å². The Labute approximate surface area is 159 Å². The maximum atomic E-state index is 13.4. The molecular formula is C22H25N3O2. The molecule has 1 N–H and O–H groups in total. The maximum absolute atomic E-state index is 13.4. The highest BCUT2D eigenvalue weighted by Crippen LogP contribution is 2.38. The zero-order valence-corrected chi connectivity index (χ0v) is 15.4. The lowest BCUT2D eigenvalue weighted by atomic mass is 10.0. The smallest absolute Gasteiger partial charge is 0.251 e. The van der Waals surface area contributed by atoms with E-state index in [9.17, 15) is 9.59 Å². The highest BCUT2D eigenvalue weighted by molar-refractivity contribution is 5.97. The standard InChI is InChI=1S/C22H25N3O2/c26-21(18-7-2-1-3-8-18)24-19(14-16-6-5-12-23-15-16)22(27)25-13-11-17-9-4-10-20(17)25/h1-3,5-8,12,15,17,19-20H,4,9-11,13-14H2,(H,24,26). The van der Waals surface area contributed by atoms with Gasteiger partial charge < -0.3 is 10.2 Å². The van der Waals surface area contributed by atoms with Gasteiger partial charge in [-0.3, -0.25) is 14.6 Å². The number of nitrogens with one attached hydrogen (secondary N) is 1. The van der Waals surface area contributed by atoms with Gasteiger partial charge in [0.2, 0.25) is 5.91 Å². The molecule has 27 heavy (non-hydrogen) atoms. The minimum Gasteiger partial charge on any atom is -0.340 e. The summed E-state index contributed by atoms with van der Waals surface area (Å²) in [6.07, 6.45) is 8.52. The molecule has 2 heterocycles. The van der Waals surface area contributed by atoms with Gasteiger partial charge in [-0.05, 0) is 48.9 Å². The maximum Gasteiger partial charge on any atom is 0.251 e. The molecule has 1 aliphatic heterocycles. The molecule has 2 fully saturated rings.